The third-order valence-corrected chi connectivity index (χ3v) is 2.57. The lowest BCUT2D eigenvalue weighted by Gasteiger charge is -2.11. The fraction of sp³-hybridized carbons (Fsp3) is 0.333. The van der Waals surface area contributed by atoms with Crippen molar-refractivity contribution < 1.29 is 14.2 Å². The maximum absolute atomic E-state index is 12.2. The molecular formula is C9H10BrFO2. The molecular weight excluding hydrogens is 239 g/mol. The first-order valence-electron chi connectivity index (χ1n) is 3.77. The van der Waals surface area contributed by atoms with Crippen LogP contribution in [0, 0.1) is 0 Å². The van der Waals surface area contributed by atoms with Gasteiger partial charge in [-0.3, -0.25) is 0 Å². The standard InChI is InChI=1S/C9H10BrFO2/c1-13-8-4-2-3-6(9(8)10)7(12)5-11/h2-4,7,12H,5H2,1H3. The van der Waals surface area contributed by atoms with Crippen LogP contribution in [0.5, 0.6) is 5.75 Å². The van der Waals surface area contributed by atoms with Crippen molar-refractivity contribution in [1.29, 1.82) is 0 Å². The molecule has 0 aromatic heterocycles. The number of hydrogen-bond acceptors (Lipinski definition) is 2. The monoisotopic (exact) mass is 248 g/mol. The Morgan fingerprint density at radius 2 is 2.31 bits per heavy atom. The molecule has 0 saturated carbocycles. The van der Waals surface area contributed by atoms with Gasteiger partial charge in [-0.25, -0.2) is 4.39 Å². The summed E-state index contributed by atoms with van der Waals surface area (Å²) < 4.78 is 17.8. The lowest BCUT2D eigenvalue weighted by Crippen LogP contribution is -2.01. The van der Waals surface area contributed by atoms with Gasteiger partial charge < -0.3 is 9.84 Å². The van der Waals surface area contributed by atoms with Gasteiger partial charge in [0.25, 0.3) is 0 Å². The number of rotatable bonds is 3. The van der Waals surface area contributed by atoms with Crippen molar-refractivity contribution >= 4 is 15.9 Å². The minimum Gasteiger partial charge on any atom is -0.496 e. The minimum absolute atomic E-state index is 0.502. The molecule has 0 amide bonds. The average Bonchev–Trinajstić information content (AvgIpc) is 2.17. The normalized spacial score (nSPS) is 12.6. The SMILES string of the molecule is COc1cccc(C(O)CF)c1Br. The first-order chi connectivity index (χ1) is 6.20. The van der Waals surface area contributed by atoms with Gasteiger partial charge in [0.15, 0.2) is 0 Å². The molecule has 0 heterocycles. The summed E-state index contributed by atoms with van der Waals surface area (Å²) >= 11 is 3.23. The van der Waals surface area contributed by atoms with Gasteiger partial charge in [-0.2, -0.15) is 0 Å². The molecule has 1 unspecified atom stereocenters. The quantitative estimate of drug-likeness (QED) is 0.891. The Bertz CT molecular complexity index is 291. The Kier molecular flexibility index (Phi) is 3.69. The van der Waals surface area contributed by atoms with Crippen molar-refractivity contribution in [1.82, 2.24) is 0 Å². The molecule has 0 bridgehead atoms. The van der Waals surface area contributed by atoms with Crippen LogP contribution in [0.3, 0.4) is 0 Å². The second-order valence-electron chi connectivity index (χ2n) is 2.53. The largest absolute Gasteiger partial charge is 0.496 e. The van der Waals surface area contributed by atoms with E-state index < -0.39 is 12.8 Å². The van der Waals surface area contributed by atoms with E-state index in [2.05, 4.69) is 15.9 Å². The first-order valence-corrected chi connectivity index (χ1v) is 4.56. The summed E-state index contributed by atoms with van der Waals surface area (Å²) in [6, 6.07) is 5.09. The molecule has 1 N–H and O–H groups in total. The summed E-state index contributed by atoms with van der Waals surface area (Å²) in [5.41, 5.74) is 0.502. The Morgan fingerprint density at radius 3 is 2.85 bits per heavy atom. The van der Waals surface area contributed by atoms with Crippen molar-refractivity contribution in [2.24, 2.45) is 0 Å². The zero-order valence-corrected chi connectivity index (χ0v) is 8.71. The molecule has 0 spiro atoms. The van der Waals surface area contributed by atoms with E-state index in [1.807, 2.05) is 0 Å². The van der Waals surface area contributed by atoms with E-state index in [0.29, 0.717) is 15.8 Å². The van der Waals surface area contributed by atoms with Crippen molar-refractivity contribution in [2.75, 3.05) is 13.8 Å². The summed E-state index contributed by atoms with van der Waals surface area (Å²) in [4.78, 5) is 0. The average molecular weight is 249 g/mol. The smallest absolute Gasteiger partial charge is 0.133 e. The van der Waals surface area contributed by atoms with E-state index in [9.17, 15) is 9.50 Å². The zero-order valence-electron chi connectivity index (χ0n) is 7.13. The maximum Gasteiger partial charge on any atom is 0.133 e. The van der Waals surface area contributed by atoms with E-state index in [-0.39, 0.29) is 0 Å². The fourth-order valence-electron chi connectivity index (χ4n) is 1.03. The molecule has 0 aliphatic rings. The molecule has 4 heteroatoms. The number of halogens is 2. The molecule has 13 heavy (non-hydrogen) atoms. The van der Waals surface area contributed by atoms with Crippen LogP contribution in [-0.4, -0.2) is 18.9 Å². The topological polar surface area (TPSA) is 29.5 Å². The molecule has 1 rings (SSSR count). The van der Waals surface area contributed by atoms with Crippen molar-refractivity contribution in [2.45, 2.75) is 6.10 Å². The van der Waals surface area contributed by atoms with E-state index in [1.165, 1.54) is 7.11 Å². The molecule has 2 nitrogen and oxygen atoms in total. The molecule has 0 radical (unpaired) electrons. The van der Waals surface area contributed by atoms with Crippen LogP contribution in [0.25, 0.3) is 0 Å². The van der Waals surface area contributed by atoms with E-state index in [1.54, 1.807) is 18.2 Å². The Morgan fingerprint density at radius 1 is 1.62 bits per heavy atom. The van der Waals surface area contributed by atoms with Crippen molar-refractivity contribution in [3.8, 4) is 5.75 Å². The predicted octanol–water partition coefficient (Wildman–Crippen LogP) is 2.46. The highest BCUT2D eigenvalue weighted by Crippen LogP contribution is 2.32. The third kappa shape index (κ3) is 2.19. The molecule has 0 aliphatic carbocycles. The van der Waals surface area contributed by atoms with Crippen LogP contribution in [0.2, 0.25) is 0 Å². The van der Waals surface area contributed by atoms with E-state index in [4.69, 9.17) is 4.74 Å². The van der Waals surface area contributed by atoms with Gasteiger partial charge >= 0.3 is 0 Å². The van der Waals surface area contributed by atoms with E-state index >= 15 is 0 Å². The summed E-state index contributed by atoms with van der Waals surface area (Å²) in [6.07, 6.45) is -1.09. The molecule has 0 saturated heterocycles. The predicted molar refractivity (Wildman–Crippen MR) is 51.6 cm³/mol. The molecule has 1 aromatic rings. The summed E-state index contributed by atoms with van der Waals surface area (Å²) in [5, 5.41) is 9.27. The highest BCUT2D eigenvalue weighted by Gasteiger charge is 2.13. The third-order valence-electron chi connectivity index (χ3n) is 1.72. The van der Waals surface area contributed by atoms with Gasteiger partial charge in [-0.1, -0.05) is 12.1 Å². The summed E-state index contributed by atoms with van der Waals surface area (Å²) in [7, 11) is 1.52. The molecule has 0 fully saturated rings. The highest BCUT2D eigenvalue weighted by atomic mass is 79.9. The minimum atomic E-state index is -1.09. The number of benzene rings is 1. The Balaban J connectivity index is 3.08. The second kappa shape index (κ2) is 4.58. The lowest BCUT2D eigenvalue weighted by atomic mass is 10.1. The van der Waals surface area contributed by atoms with Gasteiger partial charge in [0, 0.05) is 5.56 Å². The lowest BCUT2D eigenvalue weighted by molar-refractivity contribution is 0.141. The van der Waals surface area contributed by atoms with Gasteiger partial charge in [-0.05, 0) is 22.0 Å². The first kappa shape index (κ1) is 10.5. The van der Waals surface area contributed by atoms with Gasteiger partial charge in [0.2, 0.25) is 0 Å². The molecule has 1 aromatic carbocycles. The number of aliphatic hydroxyl groups excluding tert-OH is 1. The van der Waals surface area contributed by atoms with E-state index in [0.717, 1.165) is 0 Å². The van der Waals surface area contributed by atoms with Gasteiger partial charge in [0.1, 0.15) is 18.5 Å². The molecule has 0 aliphatic heterocycles. The van der Waals surface area contributed by atoms with Gasteiger partial charge in [0.05, 0.1) is 11.6 Å². The second-order valence-corrected chi connectivity index (χ2v) is 3.33. The van der Waals surface area contributed by atoms with Crippen molar-refractivity contribution in [3.63, 3.8) is 0 Å². The van der Waals surface area contributed by atoms with Crippen LogP contribution in [0.4, 0.5) is 4.39 Å². The van der Waals surface area contributed by atoms with Crippen molar-refractivity contribution in [3.05, 3.63) is 28.2 Å². The Labute approximate surface area is 84.5 Å². The van der Waals surface area contributed by atoms with Crippen LogP contribution in [-0.2, 0) is 0 Å². The number of alkyl halides is 1. The number of hydrogen-bond donors (Lipinski definition) is 1. The van der Waals surface area contributed by atoms with Crippen LogP contribution >= 0.6 is 15.9 Å². The number of methoxy groups -OCH3 is 1. The molecule has 1 atom stereocenters. The number of ether oxygens (including phenoxy) is 1. The van der Waals surface area contributed by atoms with Crippen LogP contribution < -0.4 is 4.74 Å². The Hall–Kier alpha value is -0.610. The van der Waals surface area contributed by atoms with Crippen LogP contribution in [0.1, 0.15) is 11.7 Å². The summed E-state index contributed by atoms with van der Waals surface area (Å²) in [6.45, 7) is -0.800. The molecule has 72 valence electrons. The number of aliphatic hydroxyl groups is 1. The fourth-order valence-corrected chi connectivity index (χ4v) is 1.72. The summed E-state index contributed by atoms with van der Waals surface area (Å²) in [5.74, 6) is 0.588. The highest BCUT2D eigenvalue weighted by molar-refractivity contribution is 9.10. The van der Waals surface area contributed by atoms with Crippen LogP contribution in [0.15, 0.2) is 22.7 Å². The maximum atomic E-state index is 12.2. The zero-order chi connectivity index (χ0) is 9.84. The van der Waals surface area contributed by atoms with Gasteiger partial charge in [-0.15, -0.1) is 0 Å².